The maximum Gasteiger partial charge on any atom is 0.336 e. The van der Waals surface area contributed by atoms with Gasteiger partial charge in [-0.2, -0.15) is 0 Å². The first-order valence-electron chi connectivity index (χ1n) is 6.75. The van der Waals surface area contributed by atoms with Gasteiger partial charge in [0.1, 0.15) is 11.3 Å². The van der Waals surface area contributed by atoms with Gasteiger partial charge in [0.25, 0.3) is 0 Å². The molecule has 0 fully saturated rings. The topological polar surface area (TPSA) is 56.5 Å². The SMILES string of the molecule is CCCCOc1ccc2c(C)cc(=O)oc2c1C(C)=O. The second-order valence-corrected chi connectivity index (χ2v) is 4.82. The van der Waals surface area contributed by atoms with Gasteiger partial charge in [0.05, 0.1) is 6.61 Å². The predicted molar refractivity (Wildman–Crippen MR) is 77.6 cm³/mol. The minimum absolute atomic E-state index is 0.171. The maximum absolute atomic E-state index is 11.9. The van der Waals surface area contributed by atoms with E-state index in [4.69, 9.17) is 9.15 Å². The average molecular weight is 274 g/mol. The monoisotopic (exact) mass is 274 g/mol. The van der Waals surface area contributed by atoms with E-state index in [1.807, 2.05) is 13.0 Å². The van der Waals surface area contributed by atoms with Crippen molar-refractivity contribution in [2.75, 3.05) is 6.61 Å². The van der Waals surface area contributed by atoms with Gasteiger partial charge < -0.3 is 9.15 Å². The molecule has 0 bridgehead atoms. The standard InChI is InChI=1S/C16H18O4/c1-4-5-8-19-13-7-6-12-10(2)9-14(18)20-16(12)15(13)11(3)17/h6-7,9H,4-5,8H2,1-3H3. The molecule has 106 valence electrons. The van der Waals surface area contributed by atoms with Gasteiger partial charge in [-0.05, 0) is 38.0 Å². The van der Waals surface area contributed by atoms with E-state index in [0.29, 0.717) is 23.5 Å². The molecule has 4 nitrogen and oxygen atoms in total. The highest BCUT2D eigenvalue weighted by molar-refractivity contribution is 6.07. The number of ketones is 1. The van der Waals surface area contributed by atoms with Crippen LogP contribution in [0.1, 0.15) is 42.6 Å². The molecule has 0 aliphatic carbocycles. The molecule has 1 heterocycles. The maximum atomic E-state index is 11.9. The molecular weight excluding hydrogens is 256 g/mol. The van der Waals surface area contributed by atoms with Crippen molar-refractivity contribution < 1.29 is 13.9 Å². The smallest absolute Gasteiger partial charge is 0.336 e. The van der Waals surface area contributed by atoms with E-state index >= 15 is 0 Å². The van der Waals surface area contributed by atoms with Gasteiger partial charge in [0.15, 0.2) is 11.4 Å². The predicted octanol–water partition coefficient (Wildman–Crippen LogP) is 3.48. The molecule has 0 saturated carbocycles. The average Bonchev–Trinajstić information content (AvgIpc) is 2.37. The van der Waals surface area contributed by atoms with E-state index < -0.39 is 5.63 Å². The number of carbonyl (C=O) groups is 1. The van der Waals surface area contributed by atoms with Crippen LogP contribution in [0.3, 0.4) is 0 Å². The number of hydrogen-bond donors (Lipinski definition) is 0. The van der Waals surface area contributed by atoms with Crippen LogP contribution in [-0.2, 0) is 0 Å². The molecule has 1 aromatic heterocycles. The van der Waals surface area contributed by atoms with Crippen LogP contribution in [0.15, 0.2) is 27.4 Å². The van der Waals surface area contributed by atoms with Crippen LogP contribution in [-0.4, -0.2) is 12.4 Å². The van der Waals surface area contributed by atoms with Gasteiger partial charge in [0, 0.05) is 11.5 Å². The number of Topliss-reactive ketones (excluding diaryl/α,β-unsaturated/α-hetero) is 1. The lowest BCUT2D eigenvalue weighted by molar-refractivity contribution is 0.101. The Morgan fingerprint density at radius 1 is 1.35 bits per heavy atom. The minimum atomic E-state index is -0.455. The van der Waals surface area contributed by atoms with Gasteiger partial charge in [-0.3, -0.25) is 4.79 Å². The lowest BCUT2D eigenvalue weighted by atomic mass is 10.0. The zero-order valence-electron chi connectivity index (χ0n) is 12.0. The normalized spacial score (nSPS) is 10.8. The molecule has 0 amide bonds. The van der Waals surface area contributed by atoms with E-state index in [0.717, 1.165) is 23.8 Å². The van der Waals surface area contributed by atoms with Crippen molar-refractivity contribution in [2.24, 2.45) is 0 Å². The Kier molecular flexibility index (Phi) is 4.23. The Balaban J connectivity index is 2.62. The molecule has 0 unspecified atom stereocenters. The quantitative estimate of drug-likeness (QED) is 0.476. The van der Waals surface area contributed by atoms with Crippen molar-refractivity contribution >= 4 is 16.8 Å². The summed E-state index contributed by atoms with van der Waals surface area (Å²) in [4.78, 5) is 23.4. The van der Waals surface area contributed by atoms with Crippen molar-refractivity contribution in [1.82, 2.24) is 0 Å². The summed E-state index contributed by atoms with van der Waals surface area (Å²) in [7, 11) is 0. The number of fused-ring (bicyclic) bond motifs is 1. The fourth-order valence-electron chi connectivity index (χ4n) is 2.15. The Bertz CT molecular complexity index is 697. The molecule has 0 aliphatic heterocycles. The number of carbonyl (C=O) groups excluding carboxylic acids is 1. The number of unbranched alkanes of at least 4 members (excludes halogenated alkanes) is 1. The summed E-state index contributed by atoms with van der Waals surface area (Å²) < 4.78 is 10.9. The molecule has 0 aliphatic rings. The molecule has 4 heteroatoms. The summed E-state index contributed by atoms with van der Waals surface area (Å²) in [5.41, 5.74) is 0.998. The summed E-state index contributed by atoms with van der Waals surface area (Å²) in [6.07, 6.45) is 1.92. The number of hydrogen-bond acceptors (Lipinski definition) is 4. The molecule has 0 N–H and O–H groups in total. The zero-order chi connectivity index (χ0) is 14.7. The lowest BCUT2D eigenvalue weighted by Crippen LogP contribution is -2.06. The Hall–Kier alpha value is -2.10. The molecule has 0 saturated heterocycles. The van der Waals surface area contributed by atoms with Crippen LogP contribution in [0.5, 0.6) is 5.75 Å². The van der Waals surface area contributed by atoms with Crippen LogP contribution in [0.25, 0.3) is 11.0 Å². The third-order valence-electron chi connectivity index (χ3n) is 3.19. The number of benzene rings is 1. The highest BCUT2D eigenvalue weighted by Crippen LogP contribution is 2.29. The summed E-state index contributed by atoms with van der Waals surface area (Å²) >= 11 is 0. The molecule has 0 radical (unpaired) electrons. The van der Waals surface area contributed by atoms with Crippen LogP contribution in [0, 0.1) is 6.92 Å². The minimum Gasteiger partial charge on any atom is -0.493 e. The van der Waals surface area contributed by atoms with Crippen LogP contribution in [0.2, 0.25) is 0 Å². The molecule has 2 aromatic rings. The highest BCUT2D eigenvalue weighted by Gasteiger charge is 2.17. The first-order valence-corrected chi connectivity index (χ1v) is 6.75. The molecule has 0 atom stereocenters. The van der Waals surface area contributed by atoms with Crippen LogP contribution >= 0.6 is 0 Å². The van der Waals surface area contributed by atoms with Crippen LogP contribution in [0.4, 0.5) is 0 Å². The summed E-state index contributed by atoms with van der Waals surface area (Å²) in [5.74, 6) is 0.308. The molecule has 1 aromatic carbocycles. The fourth-order valence-corrected chi connectivity index (χ4v) is 2.15. The van der Waals surface area contributed by atoms with E-state index in [1.54, 1.807) is 6.07 Å². The van der Waals surface area contributed by atoms with Gasteiger partial charge in [-0.1, -0.05) is 13.3 Å². The van der Waals surface area contributed by atoms with E-state index in [1.165, 1.54) is 13.0 Å². The molecule has 2 rings (SSSR count). The second kappa shape index (κ2) is 5.90. The number of ether oxygens (including phenoxy) is 1. The largest absolute Gasteiger partial charge is 0.493 e. The Morgan fingerprint density at radius 3 is 2.75 bits per heavy atom. The van der Waals surface area contributed by atoms with Crippen molar-refractivity contribution in [3.63, 3.8) is 0 Å². The van der Waals surface area contributed by atoms with Crippen molar-refractivity contribution in [1.29, 1.82) is 0 Å². The van der Waals surface area contributed by atoms with E-state index in [9.17, 15) is 9.59 Å². The summed E-state index contributed by atoms with van der Waals surface area (Å²) in [5, 5.41) is 0.762. The number of aryl methyl sites for hydroxylation is 1. The van der Waals surface area contributed by atoms with Crippen molar-refractivity contribution in [3.8, 4) is 5.75 Å². The third-order valence-corrected chi connectivity index (χ3v) is 3.19. The molecular formula is C16H18O4. The van der Waals surface area contributed by atoms with Crippen molar-refractivity contribution in [3.05, 3.63) is 39.7 Å². The first kappa shape index (κ1) is 14.3. The van der Waals surface area contributed by atoms with E-state index in [-0.39, 0.29) is 5.78 Å². The molecule has 20 heavy (non-hydrogen) atoms. The van der Waals surface area contributed by atoms with Gasteiger partial charge in [-0.15, -0.1) is 0 Å². The van der Waals surface area contributed by atoms with Gasteiger partial charge in [-0.25, -0.2) is 4.79 Å². The first-order chi connectivity index (χ1) is 9.54. The van der Waals surface area contributed by atoms with Gasteiger partial charge >= 0.3 is 5.63 Å². The summed E-state index contributed by atoms with van der Waals surface area (Å²) in [6, 6.07) is 5.01. The Labute approximate surface area is 117 Å². The number of rotatable bonds is 5. The van der Waals surface area contributed by atoms with Crippen LogP contribution < -0.4 is 10.4 Å². The van der Waals surface area contributed by atoms with Gasteiger partial charge in [0.2, 0.25) is 0 Å². The highest BCUT2D eigenvalue weighted by atomic mass is 16.5. The van der Waals surface area contributed by atoms with E-state index in [2.05, 4.69) is 6.92 Å². The zero-order valence-corrected chi connectivity index (χ0v) is 12.0. The lowest BCUT2D eigenvalue weighted by Gasteiger charge is -2.11. The fraction of sp³-hybridized carbons (Fsp3) is 0.375. The second-order valence-electron chi connectivity index (χ2n) is 4.82. The molecule has 0 spiro atoms. The summed E-state index contributed by atoms with van der Waals surface area (Å²) in [6.45, 7) is 5.88. The van der Waals surface area contributed by atoms with Crippen molar-refractivity contribution in [2.45, 2.75) is 33.6 Å². The Morgan fingerprint density at radius 2 is 2.10 bits per heavy atom. The third kappa shape index (κ3) is 2.74.